The van der Waals surface area contributed by atoms with Crippen LogP contribution in [-0.4, -0.2) is 9.97 Å². The molecule has 0 amide bonds. The molecule has 17 heavy (non-hydrogen) atoms. The minimum absolute atomic E-state index is 0.561. The van der Waals surface area contributed by atoms with Gasteiger partial charge in [0.15, 0.2) is 0 Å². The molecule has 1 N–H and O–H groups in total. The van der Waals surface area contributed by atoms with Crippen molar-refractivity contribution in [2.24, 2.45) is 0 Å². The lowest BCUT2D eigenvalue weighted by atomic mass is 10.1. The third kappa shape index (κ3) is 3.80. The molecule has 0 fully saturated rings. The standard InChI is InChI=1S/C13H14ClN3/c14-8-11-2-4-12(5-3-11)9-15-10-13-16-6-1-7-17-13/h1-7,15H,8-10H2. The molecule has 0 aliphatic carbocycles. The van der Waals surface area contributed by atoms with Crippen molar-refractivity contribution in [2.45, 2.75) is 19.0 Å². The summed E-state index contributed by atoms with van der Waals surface area (Å²) in [5.41, 5.74) is 2.37. The van der Waals surface area contributed by atoms with E-state index in [9.17, 15) is 0 Å². The van der Waals surface area contributed by atoms with Gasteiger partial charge in [0.25, 0.3) is 0 Å². The van der Waals surface area contributed by atoms with Gasteiger partial charge in [0, 0.05) is 24.8 Å². The van der Waals surface area contributed by atoms with Crippen LogP contribution in [0.1, 0.15) is 17.0 Å². The van der Waals surface area contributed by atoms with Gasteiger partial charge in [-0.15, -0.1) is 11.6 Å². The van der Waals surface area contributed by atoms with Crippen molar-refractivity contribution in [1.29, 1.82) is 0 Å². The lowest BCUT2D eigenvalue weighted by Gasteiger charge is -2.04. The summed E-state index contributed by atoms with van der Waals surface area (Å²) in [5.74, 6) is 1.37. The zero-order valence-corrected chi connectivity index (χ0v) is 10.2. The topological polar surface area (TPSA) is 37.8 Å². The normalized spacial score (nSPS) is 10.4. The van der Waals surface area contributed by atoms with E-state index in [-0.39, 0.29) is 0 Å². The minimum Gasteiger partial charge on any atom is -0.306 e. The molecule has 0 unspecified atom stereocenters. The molecule has 0 saturated heterocycles. The average molecular weight is 248 g/mol. The van der Waals surface area contributed by atoms with Gasteiger partial charge < -0.3 is 5.32 Å². The Bertz CT molecular complexity index is 442. The van der Waals surface area contributed by atoms with Crippen molar-refractivity contribution >= 4 is 11.6 Å². The first kappa shape index (κ1) is 12.0. The molecule has 0 bridgehead atoms. The monoisotopic (exact) mass is 247 g/mol. The second-order valence-corrected chi connectivity index (χ2v) is 3.99. The second-order valence-electron chi connectivity index (χ2n) is 3.72. The lowest BCUT2D eigenvalue weighted by Crippen LogP contribution is -2.14. The lowest BCUT2D eigenvalue weighted by molar-refractivity contribution is 0.662. The first-order valence-corrected chi connectivity index (χ1v) is 6.02. The van der Waals surface area contributed by atoms with Gasteiger partial charge >= 0.3 is 0 Å². The summed E-state index contributed by atoms with van der Waals surface area (Å²) in [6, 6.07) is 10.1. The maximum Gasteiger partial charge on any atom is 0.141 e. The zero-order valence-electron chi connectivity index (χ0n) is 9.44. The fourth-order valence-corrected chi connectivity index (χ4v) is 1.66. The number of hydrogen-bond acceptors (Lipinski definition) is 3. The number of aromatic nitrogens is 2. The van der Waals surface area contributed by atoms with E-state index in [0.717, 1.165) is 17.9 Å². The summed E-state index contributed by atoms with van der Waals surface area (Å²) in [5, 5.41) is 3.30. The van der Waals surface area contributed by atoms with Crippen molar-refractivity contribution < 1.29 is 0 Å². The van der Waals surface area contributed by atoms with Gasteiger partial charge in [-0.3, -0.25) is 0 Å². The summed E-state index contributed by atoms with van der Waals surface area (Å²) in [4.78, 5) is 8.29. The van der Waals surface area contributed by atoms with E-state index in [2.05, 4.69) is 27.4 Å². The van der Waals surface area contributed by atoms with Crippen LogP contribution in [0.5, 0.6) is 0 Å². The van der Waals surface area contributed by atoms with E-state index in [0.29, 0.717) is 12.4 Å². The van der Waals surface area contributed by atoms with Gasteiger partial charge in [0.05, 0.1) is 6.54 Å². The summed E-state index contributed by atoms with van der Waals surface area (Å²) in [7, 11) is 0. The first-order chi connectivity index (χ1) is 8.38. The number of benzene rings is 1. The third-order valence-electron chi connectivity index (χ3n) is 2.41. The minimum atomic E-state index is 0.561. The number of halogens is 1. The second kappa shape index (κ2) is 6.33. The Labute approximate surface area is 106 Å². The summed E-state index contributed by atoms with van der Waals surface area (Å²) >= 11 is 5.73. The molecule has 88 valence electrons. The van der Waals surface area contributed by atoms with Crippen LogP contribution < -0.4 is 5.32 Å². The molecular formula is C13H14ClN3. The molecular weight excluding hydrogens is 234 g/mol. The van der Waals surface area contributed by atoms with Crippen molar-refractivity contribution in [3.63, 3.8) is 0 Å². The van der Waals surface area contributed by atoms with Crippen LogP contribution in [0.4, 0.5) is 0 Å². The number of hydrogen-bond donors (Lipinski definition) is 1. The highest BCUT2D eigenvalue weighted by Gasteiger charge is 1.96. The average Bonchev–Trinajstić information content (AvgIpc) is 2.41. The number of rotatable bonds is 5. The van der Waals surface area contributed by atoms with Gasteiger partial charge in [-0.05, 0) is 17.2 Å². The maximum absolute atomic E-state index is 5.73. The molecule has 1 aromatic heterocycles. The molecule has 3 nitrogen and oxygen atoms in total. The van der Waals surface area contributed by atoms with Crippen LogP contribution in [0.3, 0.4) is 0 Å². The molecule has 2 rings (SSSR count). The highest BCUT2D eigenvalue weighted by molar-refractivity contribution is 6.17. The maximum atomic E-state index is 5.73. The van der Waals surface area contributed by atoms with Crippen LogP contribution in [-0.2, 0) is 19.0 Å². The fraction of sp³-hybridized carbons (Fsp3) is 0.231. The van der Waals surface area contributed by atoms with Gasteiger partial charge in [-0.1, -0.05) is 24.3 Å². The van der Waals surface area contributed by atoms with E-state index in [1.54, 1.807) is 12.4 Å². The molecule has 2 aromatic rings. The highest BCUT2D eigenvalue weighted by atomic mass is 35.5. The molecule has 0 aliphatic rings. The molecule has 0 spiro atoms. The van der Waals surface area contributed by atoms with Crippen LogP contribution >= 0.6 is 11.6 Å². The van der Waals surface area contributed by atoms with Crippen LogP contribution in [0.15, 0.2) is 42.7 Å². The van der Waals surface area contributed by atoms with Crippen LogP contribution in [0.25, 0.3) is 0 Å². The summed E-state index contributed by atoms with van der Waals surface area (Å²) < 4.78 is 0. The predicted molar refractivity (Wildman–Crippen MR) is 68.6 cm³/mol. The van der Waals surface area contributed by atoms with Gasteiger partial charge in [-0.25, -0.2) is 9.97 Å². The first-order valence-electron chi connectivity index (χ1n) is 5.49. The Hall–Kier alpha value is -1.45. The third-order valence-corrected chi connectivity index (χ3v) is 2.72. The summed E-state index contributed by atoms with van der Waals surface area (Å²) in [6.45, 7) is 1.49. The van der Waals surface area contributed by atoms with E-state index in [1.165, 1.54) is 5.56 Å². The molecule has 1 heterocycles. The van der Waals surface area contributed by atoms with Crippen LogP contribution in [0, 0.1) is 0 Å². The van der Waals surface area contributed by atoms with E-state index in [1.807, 2.05) is 18.2 Å². The van der Waals surface area contributed by atoms with E-state index >= 15 is 0 Å². The Balaban J connectivity index is 1.82. The van der Waals surface area contributed by atoms with Crippen molar-refractivity contribution in [2.75, 3.05) is 0 Å². The molecule has 0 aliphatic heterocycles. The SMILES string of the molecule is ClCc1ccc(CNCc2ncccn2)cc1. The van der Waals surface area contributed by atoms with E-state index in [4.69, 9.17) is 11.6 Å². The molecule has 0 atom stereocenters. The Morgan fingerprint density at radius 1 is 0.941 bits per heavy atom. The highest BCUT2D eigenvalue weighted by Crippen LogP contribution is 2.06. The Morgan fingerprint density at radius 3 is 2.24 bits per heavy atom. The van der Waals surface area contributed by atoms with Gasteiger partial charge in [0.1, 0.15) is 5.82 Å². The smallest absolute Gasteiger partial charge is 0.141 e. The Morgan fingerprint density at radius 2 is 1.59 bits per heavy atom. The number of alkyl halides is 1. The van der Waals surface area contributed by atoms with Gasteiger partial charge in [0.2, 0.25) is 0 Å². The zero-order chi connectivity index (χ0) is 11.9. The van der Waals surface area contributed by atoms with Gasteiger partial charge in [-0.2, -0.15) is 0 Å². The Kier molecular flexibility index (Phi) is 4.47. The fourth-order valence-electron chi connectivity index (χ4n) is 1.49. The van der Waals surface area contributed by atoms with Crippen molar-refractivity contribution in [3.8, 4) is 0 Å². The van der Waals surface area contributed by atoms with E-state index < -0.39 is 0 Å². The molecule has 0 saturated carbocycles. The number of nitrogens with zero attached hydrogens (tertiary/aromatic N) is 2. The number of nitrogens with one attached hydrogen (secondary N) is 1. The predicted octanol–water partition coefficient (Wildman–Crippen LogP) is 2.51. The van der Waals surface area contributed by atoms with Crippen molar-refractivity contribution in [1.82, 2.24) is 15.3 Å². The molecule has 0 radical (unpaired) electrons. The van der Waals surface area contributed by atoms with Crippen molar-refractivity contribution in [3.05, 3.63) is 59.7 Å². The molecule has 1 aromatic carbocycles. The summed E-state index contributed by atoms with van der Waals surface area (Å²) in [6.07, 6.45) is 3.50. The van der Waals surface area contributed by atoms with Crippen LogP contribution in [0.2, 0.25) is 0 Å². The largest absolute Gasteiger partial charge is 0.306 e. The quantitative estimate of drug-likeness (QED) is 0.825. The molecule has 4 heteroatoms.